The molecule has 26 heavy (non-hydrogen) atoms. The number of sulfonamides is 1. The molecule has 8 nitrogen and oxygen atoms in total. The third-order valence-electron chi connectivity index (χ3n) is 3.60. The molecule has 2 aromatic heterocycles. The number of thiophene rings is 2. The molecule has 0 bridgehead atoms. The van der Waals surface area contributed by atoms with Crippen molar-refractivity contribution in [2.45, 2.75) is 4.21 Å². The van der Waals surface area contributed by atoms with Crippen molar-refractivity contribution in [1.82, 2.24) is 5.06 Å². The molecule has 2 N–H and O–H groups in total. The summed E-state index contributed by atoms with van der Waals surface area (Å²) in [7, 11) is -3.82. The Morgan fingerprint density at radius 1 is 1.04 bits per heavy atom. The molecule has 0 unspecified atom stereocenters. The lowest BCUT2D eigenvalue weighted by atomic mass is 10.1. The van der Waals surface area contributed by atoms with Gasteiger partial charge in [-0.15, -0.1) is 22.7 Å². The van der Waals surface area contributed by atoms with Gasteiger partial charge in [-0.05, 0) is 24.3 Å². The summed E-state index contributed by atoms with van der Waals surface area (Å²) < 4.78 is 23.2. The number of imide groups is 1. The van der Waals surface area contributed by atoms with E-state index in [4.69, 9.17) is 9.98 Å². The standard InChI is InChI=1S/C15H8N2O6S3/c16-26(21,22)11-6-7-5-10(24-15(7)25-11)14(20)23-17-12(18)8-3-1-2-4-9(8)13(17)19/h1-6H,(H2,16,21,22). The zero-order valence-electron chi connectivity index (χ0n) is 12.7. The topological polar surface area (TPSA) is 124 Å². The van der Waals surface area contributed by atoms with Crippen LogP contribution in [0.15, 0.2) is 40.6 Å². The van der Waals surface area contributed by atoms with Gasteiger partial charge in [-0.25, -0.2) is 18.4 Å². The predicted octanol–water partition coefficient (Wildman–Crippen LogP) is 1.98. The summed E-state index contributed by atoms with van der Waals surface area (Å²) in [6.45, 7) is 0. The first-order valence-corrected chi connectivity index (χ1v) is 10.2. The smallest absolute Gasteiger partial charge is 0.323 e. The summed E-state index contributed by atoms with van der Waals surface area (Å²) >= 11 is 1.91. The average molecular weight is 408 g/mol. The van der Waals surface area contributed by atoms with E-state index in [1.807, 2.05) is 0 Å². The van der Waals surface area contributed by atoms with Crippen LogP contribution in [0, 0.1) is 0 Å². The average Bonchev–Trinajstić information content (AvgIpc) is 3.22. The minimum Gasteiger partial charge on any atom is -0.323 e. The number of hydroxylamine groups is 2. The maximum Gasteiger partial charge on any atom is 0.373 e. The fourth-order valence-electron chi connectivity index (χ4n) is 2.44. The number of rotatable bonds is 3. The summed E-state index contributed by atoms with van der Waals surface area (Å²) in [6.07, 6.45) is 0. The molecule has 0 saturated heterocycles. The Kier molecular flexibility index (Phi) is 3.70. The highest BCUT2D eigenvalue weighted by molar-refractivity contribution is 7.91. The molecule has 0 radical (unpaired) electrons. The minimum absolute atomic E-state index is 0.0148. The Bertz CT molecular complexity index is 1140. The predicted molar refractivity (Wildman–Crippen MR) is 93.4 cm³/mol. The fraction of sp³-hybridized carbons (Fsp3) is 0. The molecule has 1 aromatic carbocycles. The zero-order chi connectivity index (χ0) is 18.6. The Morgan fingerprint density at radius 3 is 2.19 bits per heavy atom. The highest BCUT2D eigenvalue weighted by Crippen LogP contribution is 2.36. The van der Waals surface area contributed by atoms with Gasteiger partial charge >= 0.3 is 5.97 Å². The van der Waals surface area contributed by atoms with Crippen molar-refractivity contribution in [3.63, 3.8) is 0 Å². The summed E-state index contributed by atoms with van der Waals surface area (Å²) in [5.74, 6) is -2.31. The lowest BCUT2D eigenvalue weighted by Crippen LogP contribution is -2.32. The second-order valence-corrected chi connectivity index (χ2v) is 9.44. The van der Waals surface area contributed by atoms with Gasteiger partial charge in [-0.2, -0.15) is 0 Å². The molecule has 0 aliphatic carbocycles. The van der Waals surface area contributed by atoms with E-state index in [-0.39, 0.29) is 20.2 Å². The van der Waals surface area contributed by atoms with Crippen LogP contribution in [0.3, 0.4) is 0 Å². The van der Waals surface area contributed by atoms with Crippen LogP contribution in [-0.2, 0) is 14.9 Å². The van der Waals surface area contributed by atoms with Crippen molar-refractivity contribution in [3.05, 3.63) is 52.4 Å². The van der Waals surface area contributed by atoms with Gasteiger partial charge in [0.25, 0.3) is 11.8 Å². The van der Waals surface area contributed by atoms with Crippen molar-refractivity contribution in [1.29, 1.82) is 0 Å². The lowest BCUT2D eigenvalue weighted by molar-refractivity contribution is -0.0581. The van der Waals surface area contributed by atoms with E-state index in [1.165, 1.54) is 24.3 Å². The van der Waals surface area contributed by atoms with Crippen LogP contribution in [0.25, 0.3) is 9.40 Å². The number of carbonyl (C=O) groups excluding carboxylic acids is 3. The van der Waals surface area contributed by atoms with Crippen molar-refractivity contribution in [2.75, 3.05) is 0 Å². The van der Waals surface area contributed by atoms with E-state index in [2.05, 4.69) is 0 Å². The number of fused-ring (bicyclic) bond motifs is 2. The van der Waals surface area contributed by atoms with Crippen LogP contribution < -0.4 is 5.14 Å². The van der Waals surface area contributed by atoms with Gasteiger partial charge < -0.3 is 4.84 Å². The maximum absolute atomic E-state index is 12.3. The van der Waals surface area contributed by atoms with Crippen LogP contribution in [0.1, 0.15) is 30.4 Å². The van der Waals surface area contributed by atoms with Gasteiger partial charge in [-0.3, -0.25) is 9.59 Å². The number of benzene rings is 1. The molecule has 0 spiro atoms. The minimum atomic E-state index is -3.82. The number of hydrogen-bond donors (Lipinski definition) is 1. The first kappa shape index (κ1) is 16.8. The van der Waals surface area contributed by atoms with E-state index in [9.17, 15) is 22.8 Å². The Labute approximate surface area is 154 Å². The van der Waals surface area contributed by atoms with Crippen molar-refractivity contribution < 1.29 is 27.6 Å². The van der Waals surface area contributed by atoms with Gasteiger partial charge in [0.05, 0.1) is 15.1 Å². The third kappa shape index (κ3) is 2.61. The normalized spacial score (nSPS) is 14.1. The molecule has 1 aliphatic heterocycles. The molecule has 4 rings (SSSR count). The molecule has 3 heterocycles. The number of nitrogens with two attached hydrogens (primary N) is 1. The summed E-state index contributed by atoms with van der Waals surface area (Å²) in [5, 5.41) is 6.01. The van der Waals surface area contributed by atoms with E-state index < -0.39 is 27.8 Å². The van der Waals surface area contributed by atoms with Crippen molar-refractivity contribution >= 4 is 59.9 Å². The number of hydrogen-bond acceptors (Lipinski definition) is 8. The Balaban J connectivity index is 1.59. The Morgan fingerprint density at radius 2 is 1.65 bits per heavy atom. The molecular weight excluding hydrogens is 400 g/mol. The maximum atomic E-state index is 12.3. The van der Waals surface area contributed by atoms with Gasteiger partial charge in [0.2, 0.25) is 10.0 Å². The fourth-order valence-corrected chi connectivity index (χ4v) is 5.65. The first-order valence-electron chi connectivity index (χ1n) is 7.02. The second-order valence-electron chi connectivity index (χ2n) is 5.29. The molecule has 3 aromatic rings. The molecule has 11 heteroatoms. The highest BCUT2D eigenvalue weighted by Gasteiger charge is 2.39. The molecule has 2 amide bonds. The largest absolute Gasteiger partial charge is 0.373 e. The van der Waals surface area contributed by atoms with Gasteiger partial charge in [0.15, 0.2) is 0 Å². The van der Waals surface area contributed by atoms with Gasteiger partial charge in [0.1, 0.15) is 9.09 Å². The van der Waals surface area contributed by atoms with E-state index >= 15 is 0 Å². The number of nitrogens with zero attached hydrogens (tertiary/aromatic N) is 1. The van der Waals surface area contributed by atoms with E-state index in [0.717, 1.165) is 22.7 Å². The number of carbonyl (C=O) groups is 3. The Hall–Kier alpha value is -2.60. The SMILES string of the molecule is NS(=O)(=O)c1cc2cc(C(=O)ON3C(=O)c4ccccc4C3=O)sc2s1. The van der Waals surface area contributed by atoms with Crippen LogP contribution in [0.2, 0.25) is 0 Å². The monoisotopic (exact) mass is 408 g/mol. The van der Waals surface area contributed by atoms with Crippen LogP contribution in [-0.4, -0.2) is 31.3 Å². The molecule has 0 fully saturated rings. The lowest BCUT2D eigenvalue weighted by Gasteiger charge is -2.11. The number of primary sulfonamides is 1. The second kappa shape index (κ2) is 5.71. The number of amides is 2. The van der Waals surface area contributed by atoms with Crippen molar-refractivity contribution in [3.8, 4) is 0 Å². The molecule has 1 aliphatic rings. The van der Waals surface area contributed by atoms with Gasteiger partial charge in [-0.1, -0.05) is 17.2 Å². The molecule has 0 atom stereocenters. The van der Waals surface area contributed by atoms with Crippen molar-refractivity contribution in [2.24, 2.45) is 5.14 Å². The summed E-state index contributed by atoms with van der Waals surface area (Å²) in [4.78, 5) is 41.8. The van der Waals surface area contributed by atoms with E-state index in [0.29, 0.717) is 14.5 Å². The summed E-state index contributed by atoms with van der Waals surface area (Å²) in [6, 6.07) is 8.92. The third-order valence-corrected chi connectivity index (χ3v) is 7.40. The van der Waals surface area contributed by atoms with E-state index in [1.54, 1.807) is 12.1 Å². The zero-order valence-corrected chi connectivity index (χ0v) is 15.1. The molecule has 0 saturated carbocycles. The van der Waals surface area contributed by atoms with Crippen LogP contribution in [0.5, 0.6) is 0 Å². The van der Waals surface area contributed by atoms with Crippen LogP contribution in [0.4, 0.5) is 0 Å². The van der Waals surface area contributed by atoms with Crippen LogP contribution >= 0.6 is 22.7 Å². The quantitative estimate of drug-likeness (QED) is 0.661. The summed E-state index contributed by atoms with van der Waals surface area (Å²) in [5.41, 5.74) is 0.325. The van der Waals surface area contributed by atoms with Gasteiger partial charge in [0, 0.05) is 5.39 Å². The molecular formula is C15H8N2O6S3. The highest BCUT2D eigenvalue weighted by atomic mass is 32.2. The molecule has 132 valence electrons. The first-order chi connectivity index (χ1) is 12.3.